The molecule has 10 heteroatoms. The van der Waals surface area contributed by atoms with Gasteiger partial charge in [0.15, 0.2) is 5.78 Å². The van der Waals surface area contributed by atoms with Crippen molar-refractivity contribution in [2.45, 2.75) is 38.9 Å². The molecule has 3 aromatic rings. The Hall–Kier alpha value is -3.14. The second kappa shape index (κ2) is 10.7. The molecule has 33 heavy (non-hydrogen) atoms. The van der Waals surface area contributed by atoms with Crippen LogP contribution in [0.15, 0.2) is 36.9 Å². The summed E-state index contributed by atoms with van der Waals surface area (Å²) in [5, 5.41) is 3.89. The third-order valence-electron chi connectivity index (χ3n) is 5.10. The van der Waals surface area contributed by atoms with Gasteiger partial charge in [0.05, 0.1) is 31.0 Å². The quantitative estimate of drug-likeness (QED) is 0.388. The average molecular weight is 464 g/mol. The van der Waals surface area contributed by atoms with Gasteiger partial charge in [-0.05, 0) is 18.1 Å². The third-order valence-corrected chi connectivity index (χ3v) is 5.10. The van der Waals surface area contributed by atoms with Gasteiger partial charge < -0.3 is 19.8 Å². The van der Waals surface area contributed by atoms with E-state index in [1.165, 1.54) is 0 Å². The van der Waals surface area contributed by atoms with Gasteiger partial charge in [0.25, 0.3) is 0 Å². The summed E-state index contributed by atoms with van der Waals surface area (Å²) in [6.07, 6.45) is 0.567. The van der Waals surface area contributed by atoms with Crippen molar-refractivity contribution in [3.63, 3.8) is 0 Å². The summed E-state index contributed by atoms with van der Waals surface area (Å²) in [5.74, 6) is -0.0851. The van der Waals surface area contributed by atoms with Gasteiger partial charge in [-0.1, -0.05) is 13.8 Å². The molecular weight excluding hydrogens is 437 g/mol. The molecule has 3 aromatic heterocycles. The molecule has 0 bridgehead atoms. The molecule has 0 saturated heterocycles. The zero-order valence-corrected chi connectivity index (χ0v) is 18.7. The van der Waals surface area contributed by atoms with Crippen molar-refractivity contribution in [3.05, 3.63) is 36.9 Å². The van der Waals surface area contributed by atoms with E-state index in [-0.39, 0.29) is 5.92 Å². The number of carbonyl (C=O) groups is 1. The molecule has 2 N–H and O–H groups in total. The Morgan fingerprint density at radius 1 is 1.18 bits per heavy atom. The average Bonchev–Trinajstić information content (AvgIpc) is 3.19. The fraction of sp³-hybridized carbons (Fsp3) is 0.435. The van der Waals surface area contributed by atoms with Gasteiger partial charge in [-0.2, -0.15) is 13.2 Å². The molecule has 178 valence electrons. The Labute approximate surface area is 189 Å². The Morgan fingerprint density at radius 2 is 1.97 bits per heavy atom. The van der Waals surface area contributed by atoms with Crippen LogP contribution in [0.3, 0.4) is 0 Å². The lowest BCUT2D eigenvalue weighted by Gasteiger charge is -2.22. The highest BCUT2D eigenvalue weighted by atomic mass is 19.4. The molecule has 0 radical (unpaired) electrons. The molecule has 3 heterocycles. The van der Waals surface area contributed by atoms with Crippen LogP contribution in [0.5, 0.6) is 5.75 Å². The first-order valence-electron chi connectivity index (χ1n) is 10.6. The van der Waals surface area contributed by atoms with Crippen LogP contribution in [0, 0.1) is 5.92 Å². The van der Waals surface area contributed by atoms with E-state index in [1.54, 1.807) is 51.8 Å². The molecule has 0 aliphatic heterocycles. The molecule has 1 atom stereocenters. The number of carbonyl (C=O) groups excluding carboxylic acids is 1. The lowest BCUT2D eigenvalue weighted by Crippen LogP contribution is -2.35. The first-order valence-corrected chi connectivity index (χ1v) is 10.6. The minimum atomic E-state index is -4.37. The number of ether oxygens (including phenoxy) is 2. The van der Waals surface area contributed by atoms with Crippen LogP contribution in [0.4, 0.5) is 18.9 Å². The molecule has 0 spiro atoms. The summed E-state index contributed by atoms with van der Waals surface area (Å²) in [6.45, 7) is 4.42. The largest absolute Gasteiger partial charge is 0.490 e. The number of alkyl halides is 3. The van der Waals surface area contributed by atoms with Crippen LogP contribution in [0.25, 0.3) is 22.2 Å². The van der Waals surface area contributed by atoms with Gasteiger partial charge in [0, 0.05) is 48.6 Å². The number of pyridine rings is 2. The number of anilines is 1. The Bertz CT molecular complexity index is 1080. The number of aromatic amines is 1. The summed E-state index contributed by atoms with van der Waals surface area (Å²) >= 11 is 0. The molecule has 0 fully saturated rings. The van der Waals surface area contributed by atoms with Crippen molar-refractivity contribution in [3.8, 4) is 16.9 Å². The van der Waals surface area contributed by atoms with Crippen molar-refractivity contribution >= 4 is 22.5 Å². The fourth-order valence-electron chi connectivity index (χ4n) is 3.43. The highest BCUT2D eigenvalue weighted by Crippen LogP contribution is 2.31. The van der Waals surface area contributed by atoms with E-state index >= 15 is 0 Å². The number of halogens is 3. The summed E-state index contributed by atoms with van der Waals surface area (Å²) in [4.78, 5) is 24.2. The predicted molar refractivity (Wildman–Crippen MR) is 119 cm³/mol. The number of hydrogen-bond donors (Lipinski definition) is 2. The molecule has 3 rings (SSSR count). The molecule has 0 saturated carbocycles. The van der Waals surface area contributed by atoms with E-state index in [9.17, 15) is 18.0 Å². The van der Waals surface area contributed by atoms with Crippen LogP contribution < -0.4 is 10.1 Å². The molecule has 0 aliphatic carbocycles. The second-order valence-electron chi connectivity index (χ2n) is 8.02. The number of hydrogen-bond acceptors (Lipinski definition) is 6. The van der Waals surface area contributed by atoms with Gasteiger partial charge in [0.2, 0.25) is 0 Å². The number of nitrogens with zero attached hydrogens (tertiary/aromatic N) is 2. The second-order valence-corrected chi connectivity index (χ2v) is 8.02. The standard InChI is InChI=1S/C23H27F3N4O3/c1-14(2)21(20(31)4-5-23(24,25)26)30-16-8-15(10-27-11-16)19-13-29-22-18(19)9-17(12-28-22)33-7-6-32-3/h8-14,21,30H,4-7H2,1-3H3,(H,28,29). The van der Waals surface area contributed by atoms with Crippen LogP contribution in [-0.4, -0.2) is 53.3 Å². The number of ketones is 1. The first kappa shape index (κ1) is 24.5. The smallest absolute Gasteiger partial charge is 0.389 e. The monoisotopic (exact) mass is 464 g/mol. The highest BCUT2D eigenvalue weighted by Gasteiger charge is 2.31. The highest BCUT2D eigenvalue weighted by molar-refractivity contribution is 5.94. The van der Waals surface area contributed by atoms with Gasteiger partial charge >= 0.3 is 6.18 Å². The number of aromatic nitrogens is 3. The SMILES string of the molecule is COCCOc1cnc2[nH]cc(-c3cncc(NC(C(=O)CCC(F)(F)F)C(C)C)c3)c2c1. The number of H-pyrrole nitrogens is 1. The van der Waals surface area contributed by atoms with Crippen LogP contribution >= 0.6 is 0 Å². The van der Waals surface area contributed by atoms with Crippen molar-refractivity contribution in [2.75, 3.05) is 25.6 Å². The van der Waals surface area contributed by atoms with Crippen LogP contribution in [-0.2, 0) is 9.53 Å². The maximum absolute atomic E-state index is 12.6. The number of fused-ring (bicyclic) bond motifs is 1. The Morgan fingerprint density at radius 3 is 2.67 bits per heavy atom. The molecule has 1 unspecified atom stereocenters. The van der Waals surface area contributed by atoms with Crippen molar-refractivity contribution in [1.29, 1.82) is 0 Å². The predicted octanol–water partition coefficient (Wildman–Crippen LogP) is 5.00. The fourth-order valence-corrected chi connectivity index (χ4v) is 3.43. The van der Waals surface area contributed by atoms with Gasteiger partial charge in [-0.3, -0.25) is 9.78 Å². The van der Waals surface area contributed by atoms with E-state index in [0.717, 1.165) is 16.5 Å². The number of rotatable bonds is 11. The van der Waals surface area contributed by atoms with Gasteiger partial charge in [0.1, 0.15) is 18.0 Å². The van der Waals surface area contributed by atoms with Crippen LogP contribution in [0.1, 0.15) is 26.7 Å². The maximum atomic E-state index is 12.6. The minimum Gasteiger partial charge on any atom is -0.490 e. The van der Waals surface area contributed by atoms with Crippen molar-refractivity contribution in [2.24, 2.45) is 5.92 Å². The zero-order valence-electron chi connectivity index (χ0n) is 18.7. The normalized spacial score (nSPS) is 12.8. The third kappa shape index (κ3) is 6.67. The van der Waals surface area contributed by atoms with E-state index in [0.29, 0.717) is 30.3 Å². The molecule has 0 amide bonds. The van der Waals surface area contributed by atoms with E-state index in [2.05, 4.69) is 20.3 Å². The van der Waals surface area contributed by atoms with Crippen molar-refractivity contribution in [1.82, 2.24) is 15.0 Å². The Kier molecular flexibility index (Phi) is 7.91. The summed E-state index contributed by atoms with van der Waals surface area (Å²) in [5.41, 5.74) is 2.80. The van der Waals surface area contributed by atoms with E-state index in [4.69, 9.17) is 9.47 Å². The lowest BCUT2D eigenvalue weighted by atomic mass is 9.96. The van der Waals surface area contributed by atoms with Gasteiger partial charge in [-0.25, -0.2) is 4.98 Å². The molecular formula is C23H27F3N4O3. The van der Waals surface area contributed by atoms with Gasteiger partial charge in [-0.15, -0.1) is 0 Å². The molecule has 0 aromatic carbocycles. The number of Topliss-reactive ketones (excluding diaryl/α,β-unsaturated/α-hetero) is 1. The summed E-state index contributed by atoms with van der Waals surface area (Å²) in [7, 11) is 1.59. The summed E-state index contributed by atoms with van der Waals surface area (Å²) < 4.78 is 48.3. The summed E-state index contributed by atoms with van der Waals surface area (Å²) in [6, 6.07) is 2.91. The minimum absolute atomic E-state index is 0.196. The van der Waals surface area contributed by atoms with E-state index in [1.807, 2.05) is 6.07 Å². The first-order chi connectivity index (χ1) is 15.7. The zero-order chi connectivity index (χ0) is 24.0. The maximum Gasteiger partial charge on any atom is 0.389 e. The van der Waals surface area contributed by atoms with Crippen LogP contribution in [0.2, 0.25) is 0 Å². The molecule has 0 aliphatic rings. The molecule has 7 nitrogen and oxygen atoms in total. The topological polar surface area (TPSA) is 89.1 Å². The van der Waals surface area contributed by atoms with E-state index < -0.39 is 30.8 Å². The number of methoxy groups -OCH3 is 1. The number of nitrogens with one attached hydrogen (secondary N) is 2. The lowest BCUT2D eigenvalue weighted by molar-refractivity contribution is -0.143. The Balaban J connectivity index is 1.81. The van der Waals surface area contributed by atoms with Crippen molar-refractivity contribution < 1.29 is 27.4 Å².